The Labute approximate surface area is 285 Å². The number of carboxylic acid groups (broad SMARTS) is 1. The fraction of sp³-hybridized carbons (Fsp3) is 0.421. The smallest absolute Gasteiger partial charge is 0.352 e. The van der Waals surface area contributed by atoms with E-state index in [2.05, 4.69) is 30.0 Å². The highest BCUT2D eigenvalue weighted by molar-refractivity contribution is 6.35. The molecule has 7 rings (SSSR count). The number of ether oxygens (including phenoxy) is 3. The van der Waals surface area contributed by atoms with Gasteiger partial charge >= 0.3 is 5.97 Å². The Kier molecular flexibility index (Phi) is 9.73. The van der Waals surface area contributed by atoms with Crippen LogP contribution in [0.4, 0.5) is 0 Å². The van der Waals surface area contributed by atoms with Gasteiger partial charge in [-0.05, 0) is 62.1 Å². The van der Waals surface area contributed by atoms with Gasteiger partial charge < -0.3 is 23.9 Å². The zero-order valence-electron chi connectivity index (χ0n) is 27.7. The summed E-state index contributed by atoms with van der Waals surface area (Å²) in [4.78, 5) is 15.5. The number of carbonyl (C=O) groups is 1. The molecule has 5 aromatic rings. The SMILES string of the molecule is Cc1c2c(nn1C)C(CCN1CCOCC1)OCCCCn1c(C(=O)O)c(CCCOc3cccc4ccccc34)c3ccc(Cl)c-2c31. The van der Waals surface area contributed by atoms with E-state index in [0.29, 0.717) is 43.3 Å². The van der Waals surface area contributed by atoms with Crippen molar-refractivity contribution in [3.63, 3.8) is 0 Å². The molecule has 48 heavy (non-hydrogen) atoms. The van der Waals surface area contributed by atoms with E-state index < -0.39 is 5.97 Å². The van der Waals surface area contributed by atoms with Crippen LogP contribution >= 0.6 is 11.6 Å². The molecule has 1 atom stereocenters. The number of aromatic carboxylic acids is 1. The van der Waals surface area contributed by atoms with Crippen molar-refractivity contribution in [3.8, 4) is 16.9 Å². The molecule has 1 fully saturated rings. The topological polar surface area (TPSA) is 91.0 Å². The predicted molar refractivity (Wildman–Crippen MR) is 188 cm³/mol. The van der Waals surface area contributed by atoms with Crippen LogP contribution in [0.2, 0.25) is 5.02 Å². The molecule has 0 amide bonds. The van der Waals surface area contributed by atoms with Crippen molar-refractivity contribution in [1.82, 2.24) is 19.2 Å². The molecule has 4 heterocycles. The number of halogens is 1. The number of morpholine rings is 1. The molecule has 252 valence electrons. The second kappa shape index (κ2) is 14.3. The van der Waals surface area contributed by atoms with E-state index in [9.17, 15) is 9.90 Å². The molecular formula is C38H43ClN4O5. The minimum atomic E-state index is -0.934. The average molecular weight is 671 g/mol. The largest absolute Gasteiger partial charge is 0.493 e. The number of aromatic nitrogens is 3. The minimum absolute atomic E-state index is 0.222. The summed E-state index contributed by atoms with van der Waals surface area (Å²) < 4.78 is 22.3. The van der Waals surface area contributed by atoms with Gasteiger partial charge in [0, 0.05) is 67.4 Å². The summed E-state index contributed by atoms with van der Waals surface area (Å²) in [6.45, 7) is 7.83. The van der Waals surface area contributed by atoms with Gasteiger partial charge in [-0.2, -0.15) is 5.10 Å². The number of nitrogens with zero attached hydrogens (tertiary/aromatic N) is 4. The third-order valence-corrected chi connectivity index (χ3v) is 10.2. The van der Waals surface area contributed by atoms with E-state index in [-0.39, 0.29) is 6.10 Å². The van der Waals surface area contributed by atoms with Gasteiger partial charge in [-0.25, -0.2) is 4.79 Å². The molecule has 0 spiro atoms. The number of aryl methyl sites for hydroxylation is 3. The quantitative estimate of drug-likeness (QED) is 0.163. The zero-order chi connectivity index (χ0) is 33.2. The molecule has 0 saturated carbocycles. The first kappa shape index (κ1) is 32.6. The lowest BCUT2D eigenvalue weighted by Crippen LogP contribution is -2.37. The molecule has 9 nitrogen and oxygen atoms in total. The van der Waals surface area contributed by atoms with Crippen molar-refractivity contribution < 1.29 is 24.1 Å². The fourth-order valence-electron chi connectivity index (χ4n) is 7.39. The molecule has 0 radical (unpaired) electrons. The lowest BCUT2D eigenvalue weighted by atomic mass is 9.95. The van der Waals surface area contributed by atoms with Crippen LogP contribution in [0.3, 0.4) is 0 Å². The highest BCUT2D eigenvalue weighted by Crippen LogP contribution is 2.44. The lowest BCUT2D eigenvalue weighted by molar-refractivity contribution is 0.00974. The fourth-order valence-corrected chi connectivity index (χ4v) is 7.64. The Bertz CT molecular complexity index is 1940. The van der Waals surface area contributed by atoms with Crippen molar-refractivity contribution in [3.05, 3.63) is 82.3 Å². The number of benzene rings is 3. The van der Waals surface area contributed by atoms with Crippen LogP contribution in [0.15, 0.2) is 54.6 Å². The Morgan fingerprint density at radius 3 is 2.65 bits per heavy atom. The maximum absolute atomic E-state index is 13.1. The molecule has 2 aromatic heterocycles. The van der Waals surface area contributed by atoms with Gasteiger partial charge in [0.2, 0.25) is 0 Å². The van der Waals surface area contributed by atoms with Crippen LogP contribution in [0.1, 0.15) is 59.2 Å². The second-order valence-corrected chi connectivity index (χ2v) is 13.2. The lowest BCUT2D eigenvalue weighted by Gasteiger charge is -2.28. The minimum Gasteiger partial charge on any atom is -0.493 e. The van der Waals surface area contributed by atoms with Crippen LogP contribution in [0.25, 0.3) is 32.8 Å². The summed E-state index contributed by atoms with van der Waals surface area (Å²) in [7, 11) is 1.95. The summed E-state index contributed by atoms with van der Waals surface area (Å²) in [5, 5.41) is 19.4. The van der Waals surface area contributed by atoms with Gasteiger partial charge in [0.1, 0.15) is 17.5 Å². The molecule has 3 aromatic carbocycles. The van der Waals surface area contributed by atoms with Crippen LogP contribution in [-0.4, -0.2) is 76.4 Å². The summed E-state index contributed by atoms with van der Waals surface area (Å²) in [5.41, 5.74) is 5.59. The number of rotatable bonds is 9. The molecule has 0 aliphatic carbocycles. The predicted octanol–water partition coefficient (Wildman–Crippen LogP) is 7.44. The third kappa shape index (κ3) is 6.32. The van der Waals surface area contributed by atoms with Crippen molar-refractivity contribution in [2.75, 3.05) is 46.1 Å². The summed E-state index contributed by atoms with van der Waals surface area (Å²) >= 11 is 7.13. The van der Waals surface area contributed by atoms with Gasteiger partial charge in [-0.1, -0.05) is 54.1 Å². The molecule has 1 unspecified atom stereocenters. The van der Waals surface area contributed by atoms with Crippen molar-refractivity contribution >= 4 is 39.2 Å². The summed E-state index contributed by atoms with van der Waals surface area (Å²) in [5.74, 6) is -0.0987. The molecular weight excluding hydrogens is 628 g/mol. The highest BCUT2D eigenvalue weighted by Gasteiger charge is 2.31. The van der Waals surface area contributed by atoms with Gasteiger partial charge in [0.05, 0.1) is 36.1 Å². The second-order valence-electron chi connectivity index (χ2n) is 12.8. The molecule has 2 aliphatic heterocycles. The Balaban J connectivity index is 1.27. The van der Waals surface area contributed by atoms with E-state index in [0.717, 1.165) is 108 Å². The van der Waals surface area contributed by atoms with Crippen LogP contribution in [-0.2, 0) is 29.5 Å². The van der Waals surface area contributed by atoms with E-state index in [1.165, 1.54) is 0 Å². The van der Waals surface area contributed by atoms with Gasteiger partial charge in [0.25, 0.3) is 0 Å². The van der Waals surface area contributed by atoms with Crippen LogP contribution < -0.4 is 4.74 Å². The standard InChI is InChI=1S/C38H43ClN4O5/c1-25-33-34-30(39)15-14-29-28(12-8-22-47-31-13-7-10-26-9-3-4-11-27(26)31)37(38(44)45)43(36(29)34)17-5-6-21-48-32(35(33)40-41(25)2)16-18-42-19-23-46-24-20-42/h3-4,7,9-11,13-15,32H,5-6,8,12,16-24H2,1-2H3,(H,44,45). The maximum atomic E-state index is 13.1. The number of fused-ring (bicyclic) bond motifs is 3. The monoisotopic (exact) mass is 670 g/mol. The number of hydrogen-bond acceptors (Lipinski definition) is 6. The third-order valence-electron chi connectivity index (χ3n) is 9.88. The Morgan fingerprint density at radius 1 is 1.00 bits per heavy atom. The van der Waals surface area contributed by atoms with Crippen molar-refractivity contribution in [1.29, 1.82) is 0 Å². The van der Waals surface area contributed by atoms with Gasteiger partial charge in [-0.15, -0.1) is 0 Å². The molecule has 1 N–H and O–H groups in total. The first-order valence-corrected chi connectivity index (χ1v) is 17.4. The van der Waals surface area contributed by atoms with Gasteiger partial charge in [-0.3, -0.25) is 9.58 Å². The van der Waals surface area contributed by atoms with E-state index in [4.69, 9.17) is 30.9 Å². The Hall–Kier alpha value is -3.89. The average Bonchev–Trinajstić information content (AvgIpc) is 3.56. The maximum Gasteiger partial charge on any atom is 0.352 e. The summed E-state index contributed by atoms with van der Waals surface area (Å²) in [6, 6.07) is 18.1. The van der Waals surface area contributed by atoms with E-state index >= 15 is 0 Å². The van der Waals surface area contributed by atoms with E-state index in [1.54, 1.807) is 0 Å². The highest BCUT2D eigenvalue weighted by atomic mass is 35.5. The van der Waals surface area contributed by atoms with Crippen molar-refractivity contribution in [2.24, 2.45) is 7.05 Å². The zero-order valence-corrected chi connectivity index (χ0v) is 28.5. The molecule has 2 aliphatic rings. The molecule has 10 heteroatoms. The van der Waals surface area contributed by atoms with Crippen LogP contribution in [0, 0.1) is 6.92 Å². The van der Waals surface area contributed by atoms with Gasteiger partial charge in [0.15, 0.2) is 0 Å². The Morgan fingerprint density at radius 2 is 1.81 bits per heavy atom. The summed E-state index contributed by atoms with van der Waals surface area (Å²) in [6.07, 6.45) is 3.37. The van der Waals surface area contributed by atoms with Crippen molar-refractivity contribution in [2.45, 2.75) is 51.7 Å². The van der Waals surface area contributed by atoms with E-state index in [1.807, 2.05) is 52.7 Å². The normalized spacial score (nSPS) is 17.4. The first-order chi connectivity index (χ1) is 23.4. The number of carboxylic acids is 1. The molecule has 0 bridgehead atoms. The first-order valence-electron chi connectivity index (χ1n) is 17.1. The number of hydrogen-bond donors (Lipinski definition) is 1. The molecule has 1 saturated heterocycles. The van der Waals surface area contributed by atoms with Crippen LogP contribution in [0.5, 0.6) is 5.75 Å².